The number of aromatic carboxylic acids is 1. The minimum Gasteiger partial charge on any atom is -0.478 e. The van der Waals surface area contributed by atoms with E-state index in [1.807, 2.05) is 13.0 Å². The Balaban J connectivity index is 2.02. The first-order chi connectivity index (χ1) is 13.7. The number of ether oxygens (including phenoxy) is 1. The van der Waals surface area contributed by atoms with Gasteiger partial charge in [-0.1, -0.05) is 0 Å². The molecule has 1 aliphatic heterocycles. The molecule has 0 bridgehead atoms. The largest absolute Gasteiger partial charge is 0.478 e. The Morgan fingerprint density at radius 3 is 2.59 bits per heavy atom. The number of hydrogen-bond donors (Lipinski definition) is 2. The van der Waals surface area contributed by atoms with E-state index in [1.54, 1.807) is 30.9 Å². The summed E-state index contributed by atoms with van der Waals surface area (Å²) in [5, 5.41) is 12.0. The normalized spacial score (nSPS) is 18.3. The van der Waals surface area contributed by atoms with Crippen LogP contribution in [-0.2, 0) is 9.53 Å². The summed E-state index contributed by atoms with van der Waals surface area (Å²) in [4.78, 5) is 37.2. The zero-order chi connectivity index (χ0) is 21.3. The lowest BCUT2D eigenvalue weighted by atomic mass is 9.90. The third kappa shape index (κ3) is 4.26. The Morgan fingerprint density at radius 1 is 1.28 bits per heavy atom. The van der Waals surface area contributed by atoms with E-state index in [-0.39, 0.29) is 29.7 Å². The molecule has 0 saturated carbocycles. The molecule has 2 atom stereocenters. The third-order valence-electron chi connectivity index (χ3n) is 4.79. The van der Waals surface area contributed by atoms with E-state index in [0.29, 0.717) is 23.4 Å². The molecule has 0 unspecified atom stereocenters. The lowest BCUT2D eigenvalue weighted by Gasteiger charge is -2.39. The molecule has 0 spiro atoms. The number of amides is 2. The maximum atomic E-state index is 12.2. The number of nitrogens with zero attached hydrogens (tertiary/aromatic N) is 1. The lowest BCUT2D eigenvalue weighted by molar-refractivity contribution is -0.117. The van der Waals surface area contributed by atoms with Crippen LogP contribution in [0.15, 0.2) is 34.9 Å². The van der Waals surface area contributed by atoms with Gasteiger partial charge < -0.3 is 24.5 Å². The van der Waals surface area contributed by atoms with Gasteiger partial charge in [0.1, 0.15) is 12.0 Å². The highest BCUT2D eigenvalue weighted by atomic mass is 16.6. The van der Waals surface area contributed by atoms with Crippen LogP contribution in [-0.4, -0.2) is 35.2 Å². The highest BCUT2D eigenvalue weighted by Gasteiger charge is 2.34. The topological polar surface area (TPSA) is 109 Å². The smallest absolute Gasteiger partial charge is 0.407 e. The van der Waals surface area contributed by atoms with Crippen molar-refractivity contribution in [2.75, 3.05) is 4.90 Å². The quantitative estimate of drug-likeness (QED) is 0.804. The second-order valence-electron chi connectivity index (χ2n) is 7.40. The van der Waals surface area contributed by atoms with Gasteiger partial charge in [0.25, 0.3) is 0 Å². The van der Waals surface area contributed by atoms with Crippen molar-refractivity contribution in [3.05, 3.63) is 41.7 Å². The van der Waals surface area contributed by atoms with Crippen molar-refractivity contribution in [3.8, 4) is 11.3 Å². The molecule has 1 aromatic carbocycles. The molecule has 2 amide bonds. The average molecular weight is 400 g/mol. The van der Waals surface area contributed by atoms with Gasteiger partial charge in [0.15, 0.2) is 0 Å². The minimum absolute atomic E-state index is 0.0480. The first kappa shape index (κ1) is 20.4. The highest BCUT2D eigenvalue weighted by molar-refractivity contribution is 5.94. The van der Waals surface area contributed by atoms with Gasteiger partial charge in [-0.3, -0.25) is 4.79 Å². The predicted octanol–water partition coefficient (Wildman–Crippen LogP) is 3.97. The summed E-state index contributed by atoms with van der Waals surface area (Å²) >= 11 is 0. The first-order valence-electron chi connectivity index (χ1n) is 9.40. The number of fused-ring (bicyclic) bond motifs is 1. The van der Waals surface area contributed by atoms with Crippen LogP contribution in [0.2, 0.25) is 0 Å². The third-order valence-corrected chi connectivity index (χ3v) is 4.79. The number of alkyl carbamates (subject to hydrolysis) is 1. The van der Waals surface area contributed by atoms with Crippen LogP contribution in [0.1, 0.15) is 56.1 Å². The summed E-state index contributed by atoms with van der Waals surface area (Å²) in [6.45, 7) is 6.96. The molecule has 2 heterocycles. The second-order valence-corrected chi connectivity index (χ2v) is 7.40. The molecule has 2 aromatic rings. The van der Waals surface area contributed by atoms with Gasteiger partial charge in [-0.25, -0.2) is 9.59 Å². The molecule has 3 rings (SSSR count). The van der Waals surface area contributed by atoms with Gasteiger partial charge in [-0.2, -0.15) is 0 Å². The fourth-order valence-electron chi connectivity index (χ4n) is 3.62. The Kier molecular flexibility index (Phi) is 5.63. The number of carbonyl (C=O) groups excluding carboxylic acids is 2. The van der Waals surface area contributed by atoms with Gasteiger partial charge in [0, 0.05) is 24.2 Å². The predicted molar refractivity (Wildman–Crippen MR) is 106 cm³/mol. The lowest BCUT2D eigenvalue weighted by Crippen LogP contribution is -2.45. The van der Waals surface area contributed by atoms with Gasteiger partial charge in [-0.05, 0) is 57.0 Å². The molecular formula is C21H24N2O6. The number of hydrogen-bond acceptors (Lipinski definition) is 5. The fourth-order valence-corrected chi connectivity index (χ4v) is 3.62. The molecule has 0 fully saturated rings. The molecule has 8 nitrogen and oxygen atoms in total. The number of furan rings is 1. The molecule has 0 aliphatic carbocycles. The van der Waals surface area contributed by atoms with Crippen LogP contribution in [0.3, 0.4) is 0 Å². The first-order valence-corrected chi connectivity index (χ1v) is 9.40. The number of nitrogens with one attached hydrogen (secondary N) is 1. The average Bonchev–Trinajstić information content (AvgIpc) is 3.10. The highest BCUT2D eigenvalue weighted by Crippen LogP contribution is 2.40. The van der Waals surface area contributed by atoms with E-state index in [1.165, 1.54) is 19.3 Å². The van der Waals surface area contributed by atoms with Gasteiger partial charge in [0.2, 0.25) is 5.91 Å². The van der Waals surface area contributed by atoms with E-state index >= 15 is 0 Å². The van der Waals surface area contributed by atoms with Crippen LogP contribution in [0.5, 0.6) is 0 Å². The SMILES string of the molecule is CC(=O)N1c2ccc(-c3cc(C(=O)O)co3)cc2[C@H](NC(=O)OC(C)C)C[C@@H]1C. The maximum absolute atomic E-state index is 12.2. The fraction of sp³-hybridized carbons (Fsp3) is 0.381. The Hall–Kier alpha value is -3.29. The Morgan fingerprint density at radius 2 is 2.00 bits per heavy atom. The molecule has 0 radical (unpaired) electrons. The van der Waals surface area contributed by atoms with Gasteiger partial charge in [0.05, 0.1) is 17.7 Å². The molecule has 0 saturated heterocycles. The van der Waals surface area contributed by atoms with E-state index in [9.17, 15) is 14.4 Å². The van der Waals surface area contributed by atoms with Crippen molar-refractivity contribution in [3.63, 3.8) is 0 Å². The second kappa shape index (κ2) is 7.98. The van der Waals surface area contributed by atoms with Crippen molar-refractivity contribution in [2.45, 2.75) is 52.3 Å². The van der Waals surface area contributed by atoms with Gasteiger partial charge in [-0.15, -0.1) is 0 Å². The molecule has 29 heavy (non-hydrogen) atoms. The van der Waals surface area contributed by atoms with E-state index in [4.69, 9.17) is 14.3 Å². The monoisotopic (exact) mass is 400 g/mol. The summed E-state index contributed by atoms with van der Waals surface area (Å²) in [6.07, 6.45) is 0.905. The zero-order valence-corrected chi connectivity index (χ0v) is 16.8. The number of carboxylic acid groups (broad SMARTS) is 1. The van der Waals surface area contributed by atoms with Crippen LogP contribution in [0, 0.1) is 0 Å². The zero-order valence-electron chi connectivity index (χ0n) is 16.8. The van der Waals surface area contributed by atoms with Crippen LogP contribution in [0.4, 0.5) is 10.5 Å². The number of carbonyl (C=O) groups is 3. The summed E-state index contributed by atoms with van der Waals surface area (Å²) < 4.78 is 10.6. The molecule has 2 N–H and O–H groups in total. The van der Waals surface area contributed by atoms with Crippen molar-refractivity contribution < 1.29 is 28.6 Å². The van der Waals surface area contributed by atoms with E-state index in [0.717, 1.165) is 5.56 Å². The van der Waals surface area contributed by atoms with Crippen LogP contribution >= 0.6 is 0 Å². The summed E-state index contributed by atoms with van der Waals surface area (Å²) in [5.41, 5.74) is 2.13. The molecule has 8 heteroatoms. The standard InChI is InChI=1S/C21H24N2O6/c1-11(2)29-21(27)22-17-7-12(3)23(13(4)24)18-6-5-14(8-16(17)18)19-9-15(10-28-19)20(25)26/h5-6,8-12,17H,7H2,1-4H3,(H,22,27)(H,25,26)/t12-,17+/m0/s1. The summed E-state index contributed by atoms with van der Waals surface area (Å²) in [7, 11) is 0. The Labute approximate surface area is 168 Å². The number of rotatable bonds is 4. The molecule has 154 valence electrons. The molecular weight excluding hydrogens is 376 g/mol. The van der Waals surface area contributed by atoms with Crippen molar-refractivity contribution in [1.29, 1.82) is 0 Å². The van der Waals surface area contributed by atoms with E-state index in [2.05, 4.69) is 5.32 Å². The van der Waals surface area contributed by atoms with Crippen LogP contribution in [0.25, 0.3) is 11.3 Å². The number of benzene rings is 1. The summed E-state index contributed by atoms with van der Waals surface area (Å²) in [5.74, 6) is -0.784. The van der Waals surface area contributed by atoms with Crippen molar-refractivity contribution in [1.82, 2.24) is 5.32 Å². The van der Waals surface area contributed by atoms with Crippen molar-refractivity contribution in [2.24, 2.45) is 0 Å². The Bertz CT molecular complexity index is 948. The number of carboxylic acids is 1. The molecule has 1 aliphatic rings. The number of anilines is 1. The van der Waals surface area contributed by atoms with E-state index < -0.39 is 12.1 Å². The van der Waals surface area contributed by atoms with Crippen molar-refractivity contribution >= 4 is 23.7 Å². The van der Waals surface area contributed by atoms with Crippen LogP contribution < -0.4 is 10.2 Å². The minimum atomic E-state index is -1.08. The maximum Gasteiger partial charge on any atom is 0.407 e. The van der Waals surface area contributed by atoms with Gasteiger partial charge >= 0.3 is 12.1 Å². The molecule has 1 aromatic heterocycles. The summed E-state index contributed by atoms with van der Waals surface area (Å²) in [6, 6.07) is 6.32.